The van der Waals surface area contributed by atoms with Crippen LogP contribution in [0.4, 0.5) is 0 Å². The van der Waals surface area contributed by atoms with Gasteiger partial charge in [0.2, 0.25) is 0 Å². The van der Waals surface area contributed by atoms with Gasteiger partial charge in [-0.25, -0.2) is 0 Å². The normalized spacial score (nSPS) is 33.3. The molecule has 0 N–H and O–H groups in total. The van der Waals surface area contributed by atoms with Crippen LogP contribution in [0.2, 0.25) is 0 Å². The lowest BCUT2D eigenvalue weighted by atomic mass is 9.89. The molecule has 19 heavy (non-hydrogen) atoms. The summed E-state index contributed by atoms with van der Waals surface area (Å²) in [5.74, 6) is 1.33. The molecule has 0 saturated heterocycles. The summed E-state index contributed by atoms with van der Waals surface area (Å²) in [6.07, 6.45) is 0.919. The molecule has 0 aromatic heterocycles. The van der Waals surface area contributed by atoms with E-state index in [0.29, 0.717) is 6.61 Å². The minimum Gasteiger partial charge on any atom is -0.488 e. The number of hydrogen-bond acceptors (Lipinski definition) is 4. The highest BCUT2D eigenvalue weighted by Gasteiger charge is 2.50. The molecule has 1 aromatic carbocycles. The van der Waals surface area contributed by atoms with Crippen molar-refractivity contribution in [2.75, 3.05) is 6.61 Å². The second-order valence-electron chi connectivity index (χ2n) is 4.91. The number of rotatable bonds is 4. The van der Waals surface area contributed by atoms with Crippen molar-refractivity contribution in [1.82, 2.24) is 0 Å². The summed E-state index contributed by atoms with van der Waals surface area (Å²) in [6.45, 7) is 0.582. The summed E-state index contributed by atoms with van der Waals surface area (Å²) in [6, 6.07) is 4.05. The minimum absolute atomic E-state index is 0.0249. The second kappa shape index (κ2) is 5.79. The molecule has 1 heterocycles. The molecule has 3 rings (SSSR count). The molecule has 1 fully saturated rings. The van der Waals surface area contributed by atoms with Crippen molar-refractivity contribution in [2.45, 2.75) is 29.4 Å². The van der Waals surface area contributed by atoms with Crippen LogP contribution >= 0.6 is 47.4 Å². The predicted molar refractivity (Wildman–Crippen MR) is 86.9 cm³/mol. The maximum Gasteiger partial charge on any atom is 0.136 e. The monoisotopic (exact) mass is 382 g/mol. The van der Waals surface area contributed by atoms with Crippen molar-refractivity contribution >= 4 is 47.4 Å². The third-order valence-corrected chi connectivity index (χ3v) is 5.22. The molecule has 2 unspecified atom stereocenters. The smallest absolute Gasteiger partial charge is 0.136 e. The molecule has 3 nitrogen and oxygen atoms in total. The largest absolute Gasteiger partial charge is 0.488 e. The number of halogens is 1. The Kier molecular flexibility index (Phi) is 4.05. The van der Waals surface area contributed by atoms with E-state index in [1.165, 1.54) is 5.56 Å². The fourth-order valence-corrected chi connectivity index (χ4v) is 4.66. The molecular formula is C12H15BrO3P2S. The van der Waals surface area contributed by atoms with Crippen LogP contribution < -0.4 is 4.74 Å². The van der Waals surface area contributed by atoms with Gasteiger partial charge in [-0.15, -0.1) is 12.6 Å². The number of benzene rings is 1. The predicted octanol–water partition coefficient (Wildman–Crippen LogP) is 3.58. The topological polar surface area (TPSA) is 27.7 Å². The summed E-state index contributed by atoms with van der Waals surface area (Å²) in [7, 11) is 2.04. The Bertz CT molecular complexity index is 522. The van der Waals surface area contributed by atoms with Crippen LogP contribution in [0.3, 0.4) is 0 Å². The van der Waals surface area contributed by atoms with Crippen LogP contribution in [-0.2, 0) is 9.05 Å². The van der Waals surface area contributed by atoms with Crippen molar-refractivity contribution in [3.8, 4) is 5.75 Å². The van der Waals surface area contributed by atoms with Crippen LogP contribution in [-0.4, -0.2) is 20.1 Å². The molecule has 1 saturated carbocycles. The van der Waals surface area contributed by atoms with Crippen LogP contribution in [0.25, 0.3) is 0 Å². The first-order valence-electron chi connectivity index (χ1n) is 6.48. The first-order valence-corrected chi connectivity index (χ1v) is 8.10. The molecule has 0 amide bonds. The van der Waals surface area contributed by atoms with E-state index in [1.54, 1.807) is 0 Å². The van der Waals surface area contributed by atoms with E-state index in [0.717, 1.165) is 21.5 Å². The number of ether oxygens (including phenoxy) is 1. The van der Waals surface area contributed by atoms with Crippen LogP contribution in [0, 0.1) is 5.92 Å². The molecule has 2 aliphatic rings. The van der Waals surface area contributed by atoms with Gasteiger partial charge < -0.3 is 13.8 Å². The molecule has 0 spiro atoms. The van der Waals surface area contributed by atoms with Crippen LogP contribution in [0.15, 0.2) is 21.5 Å². The van der Waals surface area contributed by atoms with E-state index in [-0.39, 0.29) is 33.5 Å². The van der Waals surface area contributed by atoms with Crippen molar-refractivity contribution in [3.63, 3.8) is 0 Å². The highest BCUT2D eigenvalue weighted by molar-refractivity contribution is 9.10. The lowest BCUT2D eigenvalue weighted by molar-refractivity contribution is 0.138. The van der Waals surface area contributed by atoms with Crippen molar-refractivity contribution in [1.29, 1.82) is 1.28 Å². The summed E-state index contributed by atoms with van der Waals surface area (Å²) in [4.78, 5) is 0.856. The number of thiol groups is 1. The average Bonchev–Trinajstić information content (AvgIpc) is 2.89. The van der Waals surface area contributed by atoms with Gasteiger partial charge in [0.1, 0.15) is 11.9 Å². The summed E-state index contributed by atoms with van der Waals surface area (Å²) in [5, 5.41) is 0. The summed E-state index contributed by atoms with van der Waals surface area (Å²) < 4.78 is 25.2. The molecule has 6 atom stereocenters. The third kappa shape index (κ3) is 2.47. The van der Waals surface area contributed by atoms with Gasteiger partial charge >= 0.3 is 0 Å². The Morgan fingerprint density at radius 1 is 1.58 bits per heavy atom. The van der Waals surface area contributed by atoms with E-state index in [9.17, 15) is 0 Å². The molecule has 104 valence electrons. The fourth-order valence-electron chi connectivity index (χ4n) is 3.19. The van der Waals surface area contributed by atoms with Gasteiger partial charge in [-0.3, -0.25) is 0 Å². The molecule has 1 aliphatic carbocycles. The Hall–Kier alpha value is 0.630. The minimum atomic E-state index is -0.257. The Balaban J connectivity index is 1.96. The fraction of sp³-hybridized carbons (Fsp3) is 0.500. The molecule has 1 aliphatic heterocycles. The van der Waals surface area contributed by atoms with Gasteiger partial charge in [-0.2, -0.15) is 0 Å². The second-order valence-corrected chi connectivity index (χ2v) is 6.88. The van der Waals surface area contributed by atoms with E-state index in [4.69, 9.17) is 15.1 Å². The van der Waals surface area contributed by atoms with Crippen molar-refractivity contribution in [2.24, 2.45) is 5.92 Å². The number of hydrogen-bond donors (Lipinski definition) is 1. The zero-order valence-electron chi connectivity index (χ0n) is 11.0. The quantitative estimate of drug-likeness (QED) is 0.636. The van der Waals surface area contributed by atoms with E-state index < -0.39 is 0 Å². The molecule has 1 aromatic rings. The zero-order valence-corrected chi connectivity index (χ0v) is 14.6. The lowest BCUT2D eigenvalue weighted by Crippen LogP contribution is -2.23. The first-order chi connectivity index (χ1) is 9.65. The molecule has 0 bridgehead atoms. The van der Waals surface area contributed by atoms with Gasteiger partial charge in [0.25, 0.3) is 0 Å². The van der Waals surface area contributed by atoms with Gasteiger partial charge in [-0.1, -0.05) is 15.9 Å². The highest BCUT2D eigenvalue weighted by Crippen LogP contribution is 2.53. The summed E-state index contributed by atoms with van der Waals surface area (Å²) in [5.41, 5.74) is 1.17. The van der Waals surface area contributed by atoms with E-state index >= 15 is 0 Å². The Morgan fingerprint density at radius 3 is 3.16 bits per heavy atom. The maximum atomic E-state index is 7.31. The maximum absolute atomic E-state index is 7.31. The van der Waals surface area contributed by atoms with Gasteiger partial charge in [0, 0.05) is 52.1 Å². The lowest BCUT2D eigenvalue weighted by Gasteiger charge is -2.21. The number of fused-ring (bicyclic) bond motifs is 3. The van der Waals surface area contributed by atoms with Crippen molar-refractivity contribution in [3.05, 3.63) is 22.2 Å². The Morgan fingerprint density at radius 2 is 2.42 bits per heavy atom. The van der Waals surface area contributed by atoms with Crippen LogP contribution in [0.1, 0.15) is 17.9 Å². The Labute approximate surface area is 132 Å². The average molecular weight is 383 g/mol. The third-order valence-electron chi connectivity index (χ3n) is 3.94. The summed E-state index contributed by atoms with van der Waals surface area (Å²) >= 11 is 8.01. The van der Waals surface area contributed by atoms with E-state index in [2.05, 4.69) is 44.1 Å². The van der Waals surface area contributed by atoms with Gasteiger partial charge in [0.15, 0.2) is 0 Å². The highest BCUT2D eigenvalue weighted by atomic mass is 79.9. The van der Waals surface area contributed by atoms with E-state index in [1.807, 2.05) is 6.07 Å². The molecule has 0 radical (unpaired) electrons. The molecular weight excluding hydrogens is 366 g/mol. The van der Waals surface area contributed by atoms with Crippen LogP contribution in [0.5, 0.6) is 5.75 Å². The molecule has 7 heteroatoms. The van der Waals surface area contributed by atoms with Gasteiger partial charge in [0.05, 0.1) is 14.0 Å². The zero-order chi connectivity index (χ0) is 14.3. The first kappa shape index (κ1) is 13.3. The standard InChI is InChI=1S/C12H15BrO3P2S/c13-5-1-6-11-7(4-14-17)8(16-18)3-9(11)15-12(6)10(19)2-5/h1-2,7-9,11,19H,3-4,17-18H2/t7-,8+,9-,11+/m0/s1/i18T/t7-,8+,9-,11+,18?. The SMILES string of the molecule is [3H]PO[C@@H]1C[C@@H]2Oc3c(S)cc(Br)cc3[C@@H]2[C@H]1COP. The van der Waals surface area contributed by atoms with Crippen molar-refractivity contribution < 1.29 is 13.8 Å². The van der Waals surface area contributed by atoms with Gasteiger partial charge in [-0.05, 0) is 12.1 Å².